The number of hydrogen-bond acceptors (Lipinski definition) is 3. The first-order valence-electron chi connectivity index (χ1n) is 6.38. The van der Waals surface area contributed by atoms with E-state index in [4.69, 9.17) is 0 Å². The molecule has 1 aromatic heterocycles. The Morgan fingerprint density at radius 1 is 1.32 bits per heavy atom. The minimum Gasteiger partial charge on any atom is -0.349 e. The lowest BCUT2D eigenvalue weighted by Gasteiger charge is -2.13. The molecule has 1 aromatic carbocycles. The van der Waals surface area contributed by atoms with Crippen molar-refractivity contribution in [1.82, 2.24) is 15.3 Å². The van der Waals surface area contributed by atoms with Crippen LogP contribution in [0.3, 0.4) is 0 Å². The molecule has 2 rings (SSSR count). The molecule has 0 saturated carbocycles. The van der Waals surface area contributed by atoms with E-state index in [-0.39, 0.29) is 11.9 Å². The molecule has 0 aliphatic rings. The molecule has 1 amide bonds. The molecule has 98 valence electrons. The van der Waals surface area contributed by atoms with Crippen molar-refractivity contribution in [2.75, 3.05) is 0 Å². The number of nitrogens with one attached hydrogen (secondary N) is 1. The van der Waals surface area contributed by atoms with E-state index >= 15 is 0 Å². The van der Waals surface area contributed by atoms with Crippen LogP contribution in [0.4, 0.5) is 0 Å². The first kappa shape index (κ1) is 13.2. The summed E-state index contributed by atoms with van der Waals surface area (Å²) in [6, 6.07) is 9.78. The molecule has 1 unspecified atom stereocenters. The molecule has 2 aromatic rings. The van der Waals surface area contributed by atoms with Crippen molar-refractivity contribution in [1.29, 1.82) is 0 Å². The molecule has 0 aliphatic heterocycles. The Balaban J connectivity index is 2.34. The standard InChI is InChI=1S/C15H17N3O/c1-3-11(2)18-15(19)13-9-16-10-17-14(13)12-7-5-4-6-8-12/h4-11H,3H2,1-2H3,(H,18,19). The lowest BCUT2D eigenvalue weighted by atomic mass is 10.1. The Bertz CT molecular complexity index is 554. The number of carbonyl (C=O) groups excluding carboxylic acids is 1. The van der Waals surface area contributed by atoms with Gasteiger partial charge in [-0.25, -0.2) is 9.97 Å². The van der Waals surface area contributed by atoms with Gasteiger partial charge in [-0.15, -0.1) is 0 Å². The van der Waals surface area contributed by atoms with Gasteiger partial charge in [0.05, 0.1) is 11.3 Å². The summed E-state index contributed by atoms with van der Waals surface area (Å²) in [6.45, 7) is 4.01. The minimum atomic E-state index is -0.131. The fraction of sp³-hybridized carbons (Fsp3) is 0.267. The van der Waals surface area contributed by atoms with Gasteiger partial charge in [0.1, 0.15) is 6.33 Å². The highest BCUT2D eigenvalue weighted by molar-refractivity contribution is 5.99. The van der Waals surface area contributed by atoms with Gasteiger partial charge in [0.2, 0.25) is 0 Å². The van der Waals surface area contributed by atoms with Crippen molar-refractivity contribution in [3.8, 4) is 11.3 Å². The van der Waals surface area contributed by atoms with Gasteiger partial charge in [-0.05, 0) is 13.3 Å². The minimum absolute atomic E-state index is 0.131. The molecule has 4 heteroatoms. The van der Waals surface area contributed by atoms with E-state index < -0.39 is 0 Å². The Hall–Kier alpha value is -2.23. The summed E-state index contributed by atoms with van der Waals surface area (Å²) in [6.07, 6.45) is 3.91. The van der Waals surface area contributed by atoms with Crippen LogP contribution in [-0.4, -0.2) is 21.9 Å². The number of nitrogens with zero attached hydrogens (tertiary/aromatic N) is 2. The van der Waals surface area contributed by atoms with Gasteiger partial charge < -0.3 is 5.32 Å². The molecule has 0 bridgehead atoms. The molecule has 0 fully saturated rings. The second-order valence-corrected chi connectivity index (χ2v) is 4.43. The normalized spacial score (nSPS) is 11.9. The van der Waals surface area contributed by atoms with Crippen LogP contribution in [-0.2, 0) is 0 Å². The highest BCUT2D eigenvalue weighted by atomic mass is 16.1. The van der Waals surface area contributed by atoms with Gasteiger partial charge in [0.25, 0.3) is 5.91 Å². The summed E-state index contributed by atoms with van der Waals surface area (Å²) in [5.74, 6) is -0.131. The van der Waals surface area contributed by atoms with E-state index in [2.05, 4.69) is 15.3 Å². The molecule has 1 atom stereocenters. The summed E-state index contributed by atoms with van der Waals surface area (Å²) in [5.41, 5.74) is 2.09. The smallest absolute Gasteiger partial charge is 0.255 e. The van der Waals surface area contributed by atoms with Crippen LogP contribution in [0.25, 0.3) is 11.3 Å². The van der Waals surface area contributed by atoms with Crippen LogP contribution < -0.4 is 5.32 Å². The van der Waals surface area contributed by atoms with Crippen LogP contribution in [0.2, 0.25) is 0 Å². The van der Waals surface area contributed by atoms with Crippen molar-refractivity contribution < 1.29 is 4.79 Å². The topological polar surface area (TPSA) is 54.9 Å². The molecule has 1 heterocycles. The SMILES string of the molecule is CCC(C)NC(=O)c1cncnc1-c1ccccc1. The van der Waals surface area contributed by atoms with Gasteiger partial charge in [0, 0.05) is 17.8 Å². The molecule has 0 spiro atoms. The number of rotatable bonds is 4. The molecular formula is C15H17N3O. The quantitative estimate of drug-likeness (QED) is 0.913. The second kappa shape index (κ2) is 6.09. The Morgan fingerprint density at radius 3 is 2.74 bits per heavy atom. The van der Waals surface area contributed by atoms with Gasteiger partial charge in [-0.3, -0.25) is 4.79 Å². The van der Waals surface area contributed by atoms with Crippen molar-refractivity contribution >= 4 is 5.91 Å². The second-order valence-electron chi connectivity index (χ2n) is 4.43. The van der Waals surface area contributed by atoms with Crippen LogP contribution in [0.15, 0.2) is 42.9 Å². The van der Waals surface area contributed by atoms with Crippen LogP contribution in [0.5, 0.6) is 0 Å². The summed E-state index contributed by atoms with van der Waals surface area (Å²) in [4.78, 5) is 20.4. The largest absolute Gasteiger partial charge is 0.349 e. The number of hydrogen-bond donors (Lipinski definition) is 1. The molecule has 0 radical (unpaired) electrons. The van der Waals surface area contributed by atoms with Gasteiger partial charge >= 0.3 is 0 Å². The number of carbonyl (C=O) groups is 1. The van der Waals surface area contributed by atoms with E-state index in [9.17, 15) is 4.79 Å². The maximum atomic E-state index is 12.2. The molecule has 4 nitrogen and oxygen atoms in total. The average molecular weight is 255 g/mol. The van der Waals surface area contributed by atoms with Crippen LogP contribution in [0, 0.1) is 0 Å². The van der Waals surface area contributed by atoms with E-state index in [0.717, 1.165) is 12.0 Å². The zero-order chi connectivity index (χ0) is 13.7. The zero-order valence-electron chi connectivity index (χ0n) is 11.1. The third kappa shape index (κ3) is 3.16. The molecule has 0 aliphatic carbocycles. The highest BCUT2D eigenvalue weighted by Gasteiger charge is 2.15. The predicted molar refractivity (Wildman–Crippen MR) is 74.7 cm³/mol. The van der Waals surface area contributed by atoms with Gasteiger partial charge in [-0.2, -0.15) is 0 Å². The zero-order valence-corrected chi connectivity index (χ0v) is 11.1. The fourth-order valence-electron chi connectivity index (χ4n) is 1.73. The van der Waals surface area contributed by atoms with Gasteiger partial charge in [0.15, 0.2) is 0 Å². The monoisotopic (exact) mass is 255 g/mol. The molecule has 19 heavy (non-hydrogen) atoms. The van der Waals surface area contributed by atoms with E-state index in [0.29, 0.717) is 11.3 Å². The van der Waals surface area contributed by atoms with Crippen molar-refractivity contribution in [2.45, 2.75) is 26.3 Å². The third-order valence-corrected chi connectivity index (χ3v) is 2.99. The van der Waals surface area contributed by atoms with Crippen molar-refractivity contribution in [3.05, 3.63) is 48.4 Å². The summed E-state index contributed by atoms with van der Waals surface area (Å²) in [7, 11) is 0. The maximum Gasteiger partial charge on any atom is 0.255 e. The van der Waals surface area contributed by atoms with Crippen LogP contribution in [0.1, 0.15) is 30.6 Å². The molecule has 0 saturated heterocycles. The number of amides is 1. The number of aromatic nitrogens is 2. The van der Waals surface area contributed by atoms with Crippen LogP contribution >= 0.6 is 0 Å². The summed E-state index contributed by atoms with van der Waals surface area (Å²) >= 11 is 0. The average Bonchev–Trinajstić information content (AvgIpc) is 2.48. The Labute approximate surface area is 112 Å². The molecular weight excluding hydrogens is 238 g/mol. The first-order chi connectivity index (χ1) is 9.22. The lowest BCUT2D eigenvalue weighted by Crippen LogP contribution is -2.32. The van der Waals surface area contributed by atoms with E-state index in [1.807, 2.05) is 44.2 Å². The molecule has 1 N–H and O–H groups in total. The number of benzene rings is 1. The van der Waals surface area contributed by atoms with E-state index in [1.54, 1.807) is 6.20 Å². The third-order valence-electron chi connectivity index (χ3n) is 2.99. The Kier molecular flexibility index (Phi) is 4.23. The Morgan fingerprint density at radius 2 is 2.05 bits per heavy atom. The first-order valence-corrected chi connectivity index (χ1v) is 6.38. The van der Waals surface area contributed by atoms with Crippen molar-refractivity contribution in [3.63, 3.8) is 0 Å². The summed E-state index contributed by atoms with van der Waals surface area (Å²) in [5, 5.41) is 2.94. The van der Waals surface area contributed by atoms with Crippen molar-refractivity contribution in [2.24, 2.45) is 0 Å². The summed E-state index contributed by atoms with van der Waals surface area (Å²) < 4.78 is 0. The highest BCUT2D eigenvalue weighted by Crippen LogP contribution is 2.19. The predicted octanol–water partition coefficient (Wildman–Crippen LogP) is 2.67. The fourth-order valence-corrected chi connectivity index (χ4v) is 1.73. The lowest BCUT2D eigenvalue weighted by molar-refractivity contribution is 0.0939. The maximum absolute atomic E-state index is 12.2. The van der Waals surface area contributed by atoms with Gasteiger partial charge in [-0.1, -0.05) is 37.3 Å². The van der Waals surface area contributed by atoms with E-state index in [1.165, 1.54) is 6.33 Å².